The SMILES string of the molecule is CC(C)(C)OC=O.O=CCc1ccc(OC2CCNCC2)cc1. The Morgan fingerprint density at radius 2 is 1.74 bits per heavy atom. The third-order valence-electron chi connectivity index (χ3n) is 3.23. The highest BCUT2D eigenvalue weighted by atomic mass is 16.5. The summed E-state index contributed by atoms with van der Waals surface area (Å²) >= 11 is 0. The summed E-state index contributed by atoms with van der Waals surface area (Å²) in [6.07, 6.45) is 3.86. The third-order valence-corrected chi connectivity index (χ3v) is 3.23. The third kappa shape index (κ3) is 8.98. The maximum absolute atomic E-state index is 10.3. The second-order valence-electron chi connectivity index (χ2n) is 6.41. The first-order valence-electron chi connectivity index (χ1n) is 7.96. The molecule has 0 amide bonds. The molecule has 0 radical (unpaired) electrons. The number of carbonyl (C=O) groups excluding carboxylic acids is 2. The molecular formula is C18H27NO4. The van der Waals surface area contributed by atoms with Crippen molar-refractivity contribution in [1.82, 2.24) is 5.32 Å². The van der Waals surface area contributed by atoms with E-state index < -0.39 is 0 Å². The molecule has 1 N–H and O–H groups in total. The van der Waals surface area contributed by atoms with E-state index in [1.54, 1.807) is 0 Å². The normalized spacial score (nSPS) is 15.1. The van der Waals surface area contributed by atoms with Crippen molar-refractivity contribution in [3.05, 3.63) is 29.8 Å². The first-order chi connectivity index (χ1) is 10.9. The molecule has 128 valence electrons. The summed E-state index contributed by atoms with van der Waals surface area (Å²) in [7, 11) is 0. The molecule has 1 heterocycles. The van der Waals surface area contributed by atoms with Gasteiger partial charge in [-0.3, -0.25) is 4.79 Å². The van der Waals surface area contributed by atoms with Gasteiger partial charge < -0.3 is 19.6 Å². The maximum Gasteiger partial charge on any atom is 0.293 e. The lowest BCUT2D eigenvalue weighted by molar-refractivity contribution is -0.138. The van der Waals surface area contributed by atoms with Gasteiger partial charge in [0.15, 0.2) is 0 Å². The second kappa shape index (κ2) is 10.0. The van der Waals surface area contributed by atoms with Crippen molar-refractivity contribution in [2.24, 2.45) is 0 Å². The molecule has 23 heavy (non-hydrogen) atoms. The van der Waals surface area contributed by atoms with Gasteiger partial charge in [-0.05, 0) is 64.4 Å². The molecule has 0 aromatic heterocycles. The lowest BCUT2D eigenvalue weighted by Crippen LogP contribution is -2.34. The minimum atomic E-state index is -0.318. The topological polar surface area (TPSA) is 64.6 Å². The number of benzene rings is 1. The van der Waals surface area contributed by atoms with E-state index in [-0.39, 0.29) is 5.60 Å². The van der Waals surface area contributed by atoms with E-state index in [1.807, 2.05) is 45.0 Å². The van der Waals surface area contributed by atoms with Gasteiger partial charge in [-0.1, -0.05) is 12.1 Å². The van der Waals surface area contributed by atoms with E-state index in [4.69, 9.17) is 4.74 Å². The smallest absolute Gasteiger partial charge is 0.293 e. The fourth-order valence-electron chi connectivity index (χ4n) is 2.05. The predicted molar refractivity (Wildman–Crippen MR) is 89.6 cm³/mol. The van der Waals surface area contributed by atoms with Crippen molar-refractivity contribution in [3.8, 4) is 5.75 Å². The Balaban J connectivity index is 0.000000322. The summed E-state index contributed by atoms with van der Waals surface area (Å²) < 4.78 is 10.4. The molecule has 1 aliphatic heterocycles. The van der Waals surface area contributed by atoms with Crippen LogP contribution in [0.5, 0.6) is 5.75 Å². The Morgan fingerprint density at radius 3 is 2.17 bits per heavy atom. The van der Waals surface area contributed by atoms with Crippen LogP contribution >= 0.6 is 0 Å². The number of rotatable bonds is 5. The van der Waals surface area contributed by atoms with Gasteiger partial charge in [-0.2, -0.15) is 0 Å². The molecule has 0 aliphatic carbocycles. The Kier molecular flexibility index (Phi) is 8.33. The number of hydrogen-bond acceptors (Lipinski definition) is 5. The van der Waals surface area contributed by atoms with E-state index in [1.165, 1.54) is 0 Å². The molecule has 1 fully saturated rings. The predicted octanol–water partition coefficient (Wildman–Crippen LogP) is 2.52. The van der Waals surface area contributed by atoms with E-state index in [0.717, 1.165) is 43.5 Å². The number of nitrogens with one attached hydrogen (secondary N) is 1. The lowest BCUT2D eigenvalue weighted by Gasteiger charge is -2.23. The fourth-order valence-corrected chi connectivity index (χ4v) is 2.05. The summed E-state index contributed by atoms with van der Waals surface area (Å²) in [5, 5.41) is 3.31. The number of piperidine rings is 1. The summed E-state index contributed by atoms with van der Waals surface area (Å²) in [4.78, 5) is 19.9. The average molecular weight is 321 g/mol. The van der Waals surface area contributed by atoms with Gasteiger partial charge in [0.2, 0.25) is 0 Å². The van der Waals surface area contributed by atoms with Gasteiger partial charge >= 0.3 is 0 Å². The van der Waals surface area contributed by atoms with E-state index >= 15 is 0 Å². The van der Waals surface area contributed by atoms with Crippen molar-refractivity contribution < 1.29 is 19.1 Å². The van der Waals surface area contributed by atoms with Gasteiger partial charge in [-0.25, -0.2) is 0 Å². The molecule has 1 aliphatic rings. The molecule has 1 saturated heterocycles. The summed E-state index contributed by atoms with van der Waals surface area (Å²) in [5.74, 6) is 0.904. The van der Waals surface area contributed by atoms with Crippen LogP contribution in [0, 0.1) is 0 Å². The zero-order valence-electron chi connectivity index (χ0n) is 14.2. The van der Waals surface area contributed by atoms with Crippen LogP contribution in [0.2, 0.25) is 0 Å². The van der Waals surface area contributed by atoms with Crippen molar-refractivity contribution in [1.29, 1.82) is 0 Å². The van der Waals surface area contributed by atoms with Crippen LogP contribution in [0.15, 0.2) is 24.3 Å². The van der Waals surface area contributed by atoms with Gasteiger partial charge in [0.1, 0.15) is 23.7 Å². The summed E-state index contributed by atoms with van der Waals surface area (Å²) in [6.45, 7) is 7.99. The average Bonchev–Trinajstić information content (AvgIpc) is 2.50. The highest BCUT2D eigenvalue weighted by Crippen LogP contribution is 2.17. The molecule has 1 aromatic rings. The molecule has 0 spiro atoms. The highest BCUT2D eigenvalue weighted by molar-refractivity contribution is 5.55. The van der Waals surface area contributed by atoms with Gasteiger partial charge in [0.25, 0.3) is 6.47 Å². The number of aldehydes is 1. The van der Waals surface area contributed by atoms with E-state index in [9.17, 15) is 9.59 Å². The quantitative estimate of drug-likeness (QED) is 0.844. The Bertz CT molecular complexity index is 459. The molecule has 5 nitrogen and oxygen atoms in total. The van der Waals surface area contributed by atoms with Gasteiger partial charge in [0.05, 0.1) is 0 Å². The maximum atomic E-state index is 10.3. The number of ether oxygens (including phenoxy) is 2. The largest absolute Gasteiger partial charge is 0.490 e. The first kappa shape index (κ1) is 19.2. The van der Waals surface area contributed by atoms with Crippen LogP contribution in [-0.4, -0.2) is 37.6 Å². The van der Waals surface area contributed by atoms with Crippen LogP contribution in [-0.2, 0) is 20.7 Å². The van der Waals surface area contributed by atoms with E-state index in [0.29, 0.717) is 19.0 Å². The zero-order chi connectivity index (χ0) is 17.1. The minimum absolute atomic E-state index is 0.318. The minimum Gasteiger partial charge on any atom is -0.490 e. The summed E-state index contributed by atoms with van der Waals surface area (Å²) in [6, 6.07) is 7.79. The monoisotopic (exact) mass is 321 g/mol. The molecule has 0 atom stereocenters. The van der Waals surface area contributed by atoms with E-state index in [2.05, 4.69) is 10.1 Å². The van der Waals surface area contributed by atoms with Gasteiger partial charge in [0, 0.05) is 6.42 Å². The molecule has 0 unspecified atom stereocenters. The van der Waals surface area contributed by atoms with Crippen molar-refractivity contribution in [2.45, 2.75) is 51.7 Å². The summed E-state index contributed by atoms with van der Waals surface area (Å²) in [5.41, 5.74) is 0.717. The van der Waals surface area contributed by atoms with Crippen molar-refractivity contribution in [2.75, 3.05) is 13.1 Å². The Hall–Kier alpha value is -1.88. The van der Waals surface area contributed by atoms with Crippen LogP contribution in [0.3, 0.4) is 0 Å². The molecule has 0 saturated carbocycles. The highest BCUT2D eigenvalue weighted by Gasteiger charge is 2.14. The van der Waals surface area contributed by atoms with Crippen LogP contribution in [0.1, 0.15) is 39.2 Å². The Labute approximate surface area is 138 Å². The molecule has 2 rings (SSSR count). The molecule has 5 heteroatoms. The van der Waals surface area contributed by atoms with Crippen LogP contribution < -0.4 is 10.1 Å². The number of hydrogen-bond donors (Lipinski definition) is 1. The molecular weight excluding hydrogens is 294 g/mol. The zero-order valence-corrected chi connectivity index (χ0v) is 14.2. The van der Waals surface area contributed by atoms with Gasteiger partial charge in [-0.15, -0.1) is 0 Å². The fraction of sp³-hybridized carbons (Fsp3) is 0.556. The van der Waals surface area contributed by atoms with Crippen LogP contribution in [0.25, 0.3) is 0 Å². The second-order valence-corrected chi connectivity index (χ2v) is 6.41. The first-order valence-corrected chi connectivity index (χ1v) is 7.96. The van der Waals surface area contributed by atoms with Crippen LogP contribution in [0.4, 0.5) is 0 Å². The lowest BCUT2D eigenvalue weighted by atomic mass is 10.1. The van der Waals surface area contributed by atoms with Crippen molar-refractivity contribution >= 4 is 12.8 Å². The molecule has 0 bridgehead atoms. The Morgan fingerprint density at radius 1 is 1.13 bits per heavy atom. The number of carbonyl (C=O) groups is 2. The van der Waals surface area contributed by atoms with Crippen molar-refractivity contribution in [3.63, 3.8) is 0 Å². The molecule has 1 aromatic carbocycles. The standard InChI is InChI=1S/C13H17NO2.C5H10O2/c15-10-7-11-1-3-12(4-2-11)16-13-5-8-14-9-6-13;1-5(2,3)7-4-6/h1-4,10,13-14H,5-9H2;4H,1-3H3.